The van der Waals surface area contributed by atoms with E-state index in [0.29, 0.717) is 25.7 Å². The van der Waals surface area contributed by atoms with E-state index in [0.717, 1.165) is 44.9 Å². The lowest BCUT2D eigenvalue weighted by Crippen LogP contribution is -2.54. The fraction of sp³-hybridized carbons (Fsp3) is 0.933. The second-order valence-corrected chi connectivity index (χ2v) is 11.1. The van der Waals surface area contributed by atoms with Gasteiger partial charge in [0.15, 0.2) is 0 Å². The monoisotopic (exact) mass is 480 g/mol. The van der Waals surface area contributed by atoms with E-state index in [2.05, 4.69) is 13.8 Å². The summed E-state index contributed by atoms with van der Waals surface area (Å²) in [5, 5.41) is 20.4. The second-order valence-electron chi connectivity index (χ2n) is 11.1. The number of carboxylic acids is 2. The number of hydrogen-bond donors (Lipinski definition) is 2. The summed E-state index contributed by atoms with van der Waals surface area (Å²) in [4.78, 5) is 24.9. The maximum atomic E-state index is 12.5. The summed E-state index contributed by atoms with van der Waals surface area (Å²) in [6.07, 6.45) is 26.1. The van der Waals surface area contributed by atoms with E-state index in [1.165, 1.54) is 83.5 Å². The molecule has 4 heteroatoms. The van der Waals surface area contributed by atoms with Crippen LogP contribution in [0.3, 0.4) is 0 Å². The summed E-state index contributed by atoms with van der Waals surface area (Å²) < 4.78 is 0. The molecule has 34 heavy (non-hydrogen) atoms. The Bertz CT molecular complexity index is 546. The molecule has 200 valence electrons. The first kappa shape index (κ1) is 31.0. The molecular formula is C30H56O4. The highest BCUT2D eigenvalue weighted by Gasteiger charge is 2.61. The molecular weight excluding hydrogens is 424 g/mol. The van der Waals surface area contributed by atoms with Crippen molar-refractivity contribution in [1.29, 1.82) is 0 Å². The highest BCUT2D eigenvalue weighted by atomic mass is 16.4. The van der Waals surface area contributed by atoms with E-state index >= 15 is 0 Å². The molecule has 2 N–H and O–H groups in total. The number of aliphatic carboxylic acids is 2. The standard InChI is InChI=1S/C30H56O4/c1-3-5-7-8-9-10-11-12-13-14-15-16-17-18-19-20-24-30(28(33)34)26-22-21-25-29(30,27(31)32)23-6-4-2/h3-26H2,1-2H3,(H,31,32)(H,33,34). The molecule has 0 heterocycles. The lowest BCUT2D eigenvalue weighted by molar-refractivity contribution is -0.182. The van der Waals surface area contributed by atoms with Crippen molar-refractivity contribution in [3.05, 3.63) is 0 Å². The maximum absolute atomic E-state index is 12.5. The van der Waals surface area contributed by atoms with Crippen LogP contribution < -0.4 is 0 Å². The van der Waals surface area contributed by atoms with Crippen LogP contribution in [0, 0.1) is 10.8 Å². The van der Waals surface area contributed by atoms with Gasteiger partial charge in [-0.25, -0.2) is 0 Å². The predicted octanol–water partition coefficient (Wildman–Crippen LogP) is 9.54. The molecule has 1 saturated carbocycles. The van der Waals surface area contributed by atoms with Gasteiger partial charge in [-0.1, -0.05) is 142 Å². The zero-order valence-corrected chi connectivity index (χ0v) is 22.7. The van der Waals surface area contributed by atoms with Gasteiger partial charge in [0.2, 0.25) is 0 Å². The Labute approximate surface area is 210 Å². The lowest BCUT2D eigenvalue weighted by Gasteiger charge is -2.48. The minimum Gasteiger partial charge on any atom is -0.481 e. The van der Waals surface area contributed by atoms with Crippen LogP contribution >= 0.6 is 0 Å². The molecule has 2 unspecified atom stereocenters. The van der Waals surface area contributed by atoms with Gasteiger partial charge < -0.3 is 10.2 Å². The largest absolute Gasteiger partial charge is 0.481 e. The smallest absolute Gasteiger partial charge is 0.310 e. The Hall–Kier alpha value is -1.06. The van der Waals surface area contributed by atoms with Crippen molar-refractivity contribution in [2.75, 3.05) is 0 Å². The first-order valence-electron chi connectivity index (χ1n) is 14.9. The van der Waals surface area contributed by atoms with E-state index in [-0.39, 0.29) is 0 Å². The molecule has 0 amide bonds. The fourth-order valence-corrected chi connectivity index (χ4v) is 6.35. The molecule has 4 nitrogen and oxygen atoms in total. The summed E-state index contributed by atoms with van der Waals surface area (Å²) >= 11 is 0. The molecule has 0 aromatic carbocycles. The van der Waals surface area contributed by atoms with Crippen LogP contribution in [-0.2, 0) is 9.59 Å². The van der Waals surface area contributed by atoms with Gasteiger partial charge in [0.1, 0.15) is 0 Å². The third-order valence-corrected chi connectivity index (χ3v) is 8.61. The van der Waals surface area contributed by atoms with Gasteiger partial charge in [0.25, 0.3) is 0 Å². The van der Waals surface area contributed by atoms with Gasteiger partial charge in [0.05, 0.1) is 10.8 Å². The number of rotatable bonds is 22. The topological polar surface area (TPSA) is 74.6 Å². The average molecular weight is 481 g/mol. The van der Waals surface area contributed by atoms with Crippen LogP contribution in [0.25, 0.3) is 0 Å². The third-order valence-electron chi connectivity index (χ3n) is 8.61. The maximum Gasteiger partial charge on any atom is 0.310 e. The number of carboxylic acid groups (broad SMARTS) is 2. The number of carbonyl (C=O) groups is 2. The summed E-state index contributed by atoms with van der Waals surface area (Å²) in [5.41, 5.74) is -2.16. The Balaban J connectivity index is 2.24. The SMILES string of the molecule is CCCCCCCCCCCCCCCCCCC1(C(=O)O)CCCCC1(CCCC)C(=O)O. The van der Waals surface area contributed by atoms with Crippen LogP contribution in [0.2, 0.25) is 0 Å². The molecule has 0 aliphatic heterocycles. The van der Waals surface area contributed by atoms with Gasteiger partial charge in [0, 0.05) is 0 Å². The van der Waals surface area contributed by atoms with Gasteiger partial charge in [-0.15, -0.1) is 0 Å². The first-order valence-corrected chi connectivity index (χ1v) is 14.9. The highest BCUT2D eigenvalue weighted by Crippen LogP contribution is 2.56. The molecule has 0 aromatic rings. The Morgan fingerprint density at radius 2 is 0.794 bits per heavy atom. The molecule has 1 aliphatic rings. The summed E-state index contributed by atoms with van der Waals surface area (Å²) in [6, 6.07) is 0. The van der Waals surface area contributed by atoms with Gasteiger partial charge in [-0.2, -0.15) is 0 Å². The Morgan fingerprint density at radius 3 is 1.12 bits per heavy atom. The Morgan fingerprint density at radius 1 is 0.500 bits per heavy atom. The van der Waals surface area contributed by atoms with Crippen LogP contribution in [0.5, 0.6) is 0 Å². The molecule has 2 atom stereocenters. The summed E-state index contributed by atoms with van der Waals surface area (Å²) in [6.45, 7) is 4.32. The van der Waals surface area contributed by atoms with Crippen molar-refractivity contribution in [3.8, 4) is 0 Å². The third kappa shape index (κ3) is 9.90. The molecule has 0 spiro atoms. The Kier molecular flexibility index (Phi) is 16.6. The van der Waals surface area contributed by atoms with E-state index in [9.17, 15) is 19.8 Å². The van der Waals surface area contributed by atoms with E-state index in [1.54, 1.807) is 0 Å². The van der Waals surface area contributed by atoms with Crippen molar-refractivity contribution in [2.45, 2.75) is 168 Å². The molecule has 0 bridgehead atoms. The summed E-state index contributed by atoms with van der Waals surface area (Å²) in [5.74, 6) is -1.74. The van der Waals surface area contributed by atoms with E-state index in [4.69, 9.17) is 0 Å². The molecule has 1 fully saturated rings. The van der Waals surface area contributed by atoms with Crippen LogP contribution in [0.4, 0.5) is 0 Å². The van der Waals surface area contributed by atoms with Gasteiger partial charge in [-0.3, -0.25) is 9.59 Å². The summed E-state index contributed by atoms with van der Waals surface area (Å²) in [7, 11) is 0. The predicted molar refractivity (Wildman–Crippen MR) is 142 cm³/mol. The zero-order valence-electron chi connectivity index (χ0n) is 22.7. The van der Waals surface area contributed by atoms with Crippen molar-refractivity contribution in [3.63, 3.8) is 0 Å². The normalized spacial score (nSPS) is 22.6. The quantitative estimate of drug-likeness (QED) is 0.151. The molecule has 1 aliphatic carbocycles. The first-order chi connectivity index (χ1) is 16.5. The molecule has 1 rings (SSSR count). The van der Waals surface area contributed by atoms with E-state index in [1.807, 2.05) is 0 Å². The van der Waals surface area contributed by atoms with Crippen LogP contribution in [0.15, 0.2) is 0 Å². The van der Waals surface area contributed by atoms with E-state index < -0.39 is 22.8 Å². The molecule has 0 saturated heterocycles. The van der Waals surface area contributed by atoms with Gasteiger partial charge >= 0.3 is 11.9 Å². The van der Waals surface area contributed by atoms with Crippen molar-refractivity contribution in [2.24, 2.45) is 10.8 Å². The molecule has 0 aromatic heterocycles. The highest BCUT2D eigenvalue weighted by molar-refractivity contribution is 5.87. The lowest BCUT2D eigenvalue weighted by atomic mass is 9.52. The zero-order chi connectivity index (χ0) is 25.1. The minimum atomic E-state index is -1.08. The van der Waals surface area contributed by atoms with Crippen LogP contribution in [0.1, 0.15) is 168 Å². The molecule has 0 radical (unpaired) electrons. The number of hydrogen-bond acceptors (Lipinski definition) is 2. The second kappa shape index (κ2) is 18.2. The fourth-order valence-electron chi connectivity index (χ4n) is 6.35. The minimum absolute atomic E-state index is 0.504. The number of unbranched alkanes of at least 4 members (excludes halogenated alkanes) is 16. The van der Waals surface area contributed by atoms with Crippen LogP contribution in [-0.4, -0.2) is 22.2 Å². The van der Waals surface area contributed by atoms with Crippen molar-refractivity contribution < 1.29 is 19.8 Å². The average Bonchev–Trinajstić information content (AvgIpc) is 2.82. The van der Waals surface area contributed by atoms with Crippen molar-refractivity contribution >= 4 is 11.9 Å². The van der Waals surface area contributed by atoms with Gasteiger partial charge in [-0.05, 0) is 25.7 Å². The van der Waals surface area contributed by atoms with Crippen molar-refractivity contribution in [1.82, 2.24) is 0 Å².